The van der Waals surface area contributed by atoms with E-state index in [1.807, 2.05) is 0 Å². The van der Waals surface area contributed by atoms with Crippen molar-refractivity contribution in [2.24, 2.45) is 0 Å². The molecule has 0 atom stereocenters. The minimum absolute atomic E-state index is 0.123. The molecule has 6 heteroatoms. The maximum absolute atomic E-state index is 11.3. The molecule has 12 heavy (non-hydrogen) atoms. The lowest BCUT2D eigenvalue weighted by atomic mass is 10.4. The third-order valence-corrected chi connectivity index (χ3v) is 3.06. The van der Waals surface area contributed by atoms with Crippen molar-refractivity contribution in [2.75, 3.05) is 0 Å². The van der Waals surface area contributed by atoms with Crippen LogP contribution in [0.15, 0.2) is 9.42 Å². The van der Waals surface area contributed by atoms with E-state index >= 15 is 0 Å². The third-order valence-electron chi connectivity index (χ3n) is 1.47. The van der Waals surface area contributed by atoms with Crippen LogP contribution < -0.4 is 4.72 Å². The molecule has 1 aromatic rings. The van der Waals surface area contributed by atoms with E-state index in [0.29, 0.717) is 11.5 Å². The molecule has 1 rings (SSSR count). The van der Waals surface area contributed by atoms with Crippen LogP contribution in [0.1, 0.15) is 11.5 Å². The quantitative estimate of drug-likeness (QED) is 0.628. The second-order valence-corrected chi connectivity index (χ2v) is 4.20. The number of hydrogen-bond donors (Lipinski definition) is 1. The Hall–Kier alpha value is -0.880. The van der Waals surface area contributed by atoms with Crippen molar-refractivity contribution in [3.63, 3.8) is 0 Å². The lowest BCUT2D eigenvalue weighted by Crippen LogP contribution is -2.80. The fraction of sp³-hybridized carbons (Fsp3) is 0.333. The highest BCUT2D eigenvalue weighted by molar-refractivity contribution is 7.84. The average Bonchev–Trinajstić information content (AvgIpc) is 2.31. The van der Waals surface area contributed by atoms with Crippen molar-refractivity contribution in [2.45, 2.75) is 18.7 Å². The lowest BCUT2D eigenvalue weighted by Gasteiger charge is -1.99. The predicted octanol–water partition coefficient (Wildman–Crippen LogP) is -0.665. The molecular weight excluding hydrogens is 180 g/mol. The Morgan fingerprint density at radius 1 is 1.50 bits per heavy atom. The summed E-state index contributed by atoms with van der Waals surface area (Å²) in [7, 11) is -0.195. The summed E-state index contributed by atoms with van der Waals surface area (Å²) in [5.41, 5.74) is 0.368. The topological polar surface area (TPSA) is 76.8 Å². The number of rotatable bonds is 2. The third kappa shape index (κ3) is 1.35. The standard InChI is InChI=1S/C6H10N2O3S/c1-4-6(5(2)11-8-4)12(9,10)7-3/h3,7H2,1-2H3. The lowest BCUT2D eigenvalue weighted by molar-refractivity contribution is -0.424. The molecule has 1 heterocycles. The second kappa shape index (κ2) is 2.87. The largest absolute Gasteiger partial charge is 0.367 e. The van der Waals surface area contributed by atoms with Crippen LogP contribution in [0, 0.1) is 20.9 Å². The van der Waals surface area contributed by atoms with Crippen molar-refractivity contribution in [3.05, 3.63) is 18.5 Å². The van der Waals surface area contributed by atoms with E-state index in [1.54, 1.807) is 13.8 Å². The summed E-state index contributed by atoms with van der Waals surface area (Å²) < 4.78 is 28.2. The van der Waals surface area contributed by atoms with Gasteiger partial charge in [0, 0.05) is 0 Å². The number of primary sulfonamides is 1. The van der Waals surface area contributed by atoms with Gasteiger partial charge in [0.15, 0.2) is 10.7 Å². The van der Waals surface area contributed by atoms with Gasteiger partial charge in [-0.15, -0.1) is 7.05 Å². The van der Waals surface area contributed by atoms with Crippen LogP contribution in [-0.4, -0.2) is 13.6 Å². The van der Waals surface area contributed by atoms with Gasteiger partial charge in [0.2, 0.25) is 0 Å². The number of hydrogen-bond acceptors (Lipinski definition) is 4. The monoisotopic (exact) mass is 190 g/mol. The normalized spacial score (nSPS) is 11.9. The molecule has 5 nitrogen and oxygen atoms in total. The summed E-state index contributed by atoms with van der Waals surface area (Å²) >= 11 is 0. The van der Waals surface area contributed by atoms with Crippen molar-refractivity contribution >= 4 is 10.0 Å². The van der Waals surface area contributed by atoms with Crippen molar-refractivity contribution in [3.8, 4) is 0 Å². The van der Waals surface area contributed by atoms with E-state index in [1.165, 1.54) is 0 Å². The van der Waals surface area contributed by atoms with Gasteiger partial charge < -0.3 is 9.25 Å². The number of nitrogens with zero attached hydrogens (tertiary/aromatic N) is 1. The van der Waals surface area contributed by atoms with Crippen molar-refractivity contribution in [1.29, 1.82) is 0 Å². The highest BCUT2D eigenvalue weighted by Gasteiger charge is 2.23. The van der Waals surface area contributed by atoms with Crippen LogP contribution in [-0.2, 0) is 10.0 Å². The minimum atomic E-state index is -3.41. The Kier molecular flexibility index (Phi) is 2.20. The van der Waals surface area contributed by atoms with Crippen LogP contribution in [0.5, 0.6) is 0 Å². The summed E-state index contributed by atoms with van der Waals surface area (Å²) in [6, 6.07) is 0. The van der Waals surface area contributed by atoms with Gasteiger partial charge in [0.05, 0.1) is 0 Å². The molecule has 0 amide bonds. The van der Waals surface area contributed by atoms with E-state index in [4.69, 9.17) is 4.52 Å². The summed E-state index contributed by atoms with van der Waals surface area (Å²) in [4.78, 5) is 0.123. The maximum atomic E-state index is 11.3. The van der Waals surface area contributed by atoms with Gasteiger partial charge in [-0.25, -0.2) is 0 Å². The number of aromatic nitrogens is 1. The molecule has 68 valence electrons. The van der Waals surface area contributed by atoms with Gasteiger partial charge >= 0.3 is 10.0 Å². The molecule has 2 N–H and O–H groups in total. The van der Waals surface area contributed by atoms with Gasteiger partial charge in [-0.2, -0.15) is 8.42 Å². The first-order chi connectivity index (χ1) is 5.49. The smallest absolute Gasteiger partial charge is 0.305 e. The molecule has 0 aliphatic carbocycles. The highest BCUT2D eigenvalue weighted by Crippen LogP contribution is 2.15. The Balaban J connectivity index is 3.37. The molecule has 0 aliphatic rings. The van der Waals surface area contributed by atoms with Crippen molar-refractivity contribution in [1.82, 2.24) is 5.16 Å². The van der Waals surface area contributed by atoms with Gasteiger partial charge in [0.25, 0.3) is 0 Å². The fourth-order valence-corrected chi connectivity index (χ4v) is 2.02. The predicted molar refractivity (Wildman–Crippen MR) is 40.4 cm³/mol. The molecule has 0 aromatic carbocycles. The number of nitrogens with two attached hydrogens (primary N) is 1. The van der Waals surface area contributed by atoms with E-state index in [2.05, 4.69) is 12.2 Å². The summed E-state index contributed by atoms with van der Waals surface area (Å²) in [6.45, 7) is 3.13. The van der Waals surface area contributed by atoms with E-state index in [9.17, 15) is 8.42 Å². The first kappa shape index (κ1) is 9.21. The number of aryl methyl sites for hydroxylation is 2. The minimum Gasteiger partial charge on any atom is -0.367 e. The van der Waals surface area contributed by atoms with Gasteiger partial charge in [-0.1, -0.05) is 5.16 Å². The summed E-state index contributed by atoms with van der Waals surface area (Å²) in [5, 5.41) is 3.53. The zero-order valence-corrected chi connectivity index (χ0v) is 7.68. The van der Waals surface area contributed by atoms with Crippen LogP contribution >= 0.6 is 0 Å². The van der Waals surface area contributed by atoms with Gasteiger partial charge in [-0.05, 0) is 13.8 Å². The molecule has 0 spiro atoms. The molecule has 0 aliphatic heterocycles. The fourth-order valence-electron chi connectivity index (χ4n) is 0.964. The maximum Gasteiger partial charge on any atom is 0.305 e. The Bertz CT molecular complexity index is 360. The summed E-state index contributed by atoms with van der Waals surface area (Å²) in [6.07, 6.45) is 0. The zero-order chi connectivity index (χ0) is 9.35. The molecule has 1 aromatic heterocycles. The van der Waals surface area contributed by atoms with Gasteiger partial charge in [0.1, 0.15) is 5.69 Å². The van der Waals surface area contributed by atoms with Gasteiger partial charge in [-0.3, -0.25) is 0 Å². The van der Waals surface area contributed by atoms with E-state index in [0.717, 1.165) is 4.72 Å². The molecule has 0 fully saturated rings. The van der Waals surface area contributed by atoms with Crippen LogP contribution in [0.2, 0.25) is 0 Å². The Morgan fingerprint density at radius 2 is 2.08 bits per heavy atom. The Morgan fingerprint density at radius 3 is 2.42 bits per heavy atom. The second-order valence-electron chi connectivity index (χ2n) is 2.36. The number of quaternary nitrogens is 1. The van der Waals surface area contributed by atoms with Crippen molar-refractivity contribution < 1.29 is 17.7 Å². The average molecular weight is 190 g/mol. The van der Waals surface area contributed by atoms with Crippen LogP contribution in [0.25, 0.3) is 0 Å². The molecule has 0 bridgehead atoms. The molecule has 0 radical (unpaired) electrons. The molecule has 0 unspecified atom stereocenters. The molecular formula is C6H10N2O3S. The van der Waals surface area contributed by atoms with Crippen LogP contribution in [0.4, 0.5) is 0 Å². The Labute approximate surface area is 70.8 Å². The number of sulfonamides is 1. The van der Waals surface area contributed by atoms with E-state index < -0.39 is 10.0 Å². The molecule has 0 saturated carbocycles. The first-order valence-electron chi connectivity index (χ1n) is 3.29. The first-order valence-corrected chi connectivity index (χ1v) is 4.84. The highest BCUT2D eigenvalue weighted by atomic mass is 32.2. The summed E-state index contributed by atoms with van der Waals surface area (Å²) in [5.74, 6) is 0.299. The zero-order valence-electron chi connectivity index (χ0n) is 6.86. The SMILES string of the molecule is [CH2-][NH2+]S(=O)(=O)c1c(C)noc1C. The van der Waals surface area contributed by atoms with Crippen LogP contribution in [0.3, 0.4) is 0 Å². The molecule has 0 saturated heterocycles. The van der Waals surface area contributed by atoms with E-state index in [-0.39, 0.29) is 4.90 Å².